The molecule has 0 aliphatic heterocycles. The van der Waals surface area contributed by atoms with Crippen molar-refractivity contribution < 1.29 is 29.7 Å². The molecule has 0 aliphatic carbocycles. The Morgan fingerprint density at radius 3 is 1.19 bits per heavy atom. The zero-order valence-corrected chi connectivity index (χ0v) is 42.6. The third-order valence-corrected chi connectivity index (χ3v) is 14.2. The lowest BCUT2D eigenvalue weighted by molar-refractivity contribution is -0.132. The van der Waals surface area contributed by atoms with Crippen molar-refractivity contribution >= 4 is 64.6 Å². The van der Waals surface area contributed by atoms with Crippen LogP contribution in [0, 0.1) is 0 Å². The molecule has 0 spiro atoms. The van der Waals surface area contributed by atoms with Crippen molar-refractivity contribution in [1.29, 1.82) is 0 Å². The van der Waals surface area contributed by atoms with E-state index >= 15 is 0 Å². The molecule has 360 valence electrons. The topological polar surface area (TPSA) is 122 Å². The molecule has 3 N–H and O–H groups in total. The van der Waals surface area contributed by atoms with Gasteiger partial charge in [0.2, 0.25) is 17.7 Å². The van der Waals surface area contributed by atoms with Gasteiger partial charge in [0.25, 0.3) is 0 Å². The fourth-order valence-corrected chi connectivity index (χ4v) is 9.18. The van der Waals surface area contributed by atoms with Crippen LogP contribution in [0.1, 0.15) is 68.2 Å². The summed E-state index contributed by atoms with van der Waals surface area (Å²) in [6.45, 7) is 3.31. The summed E-state index contributed by atoms with van der Waals surface area (Å²) in [6.07, 6.45) is 4.18. The fourth-order valence-electron chi connectivity index (χ4n) is 6.49. The maximum atomic E-state index is 12.3. The van der Waals surface area contributed by atoms with Gasteiger partial charge in [0, 0.05) is 73.2 Å². The Kier molecular flexibility index (Phi) is 24.9. The van der Waals surface area contributed by atoms with Crippen LogP contribution in [-0.4, -0.2) is 86.1 Å². The van der Waals surface area contributed by atoms with Gasteiger partial charge in [-0.05, 0) is 145 Å². The molecule has 1 atom stereocenters. The first kappa shape index (κ1) is 55.1. The second kappa shape index (κ2) is 30.8. The maximum Gasteiger partial charge on any atom is 0.222 e. The van der Waals surface area contributed by atoms with Gasteiger partial charge in [-0.2, -0.15) is 0 Å². The molecule has 3 amide bonds. The van der Waals surface area contributed by atoms with Gasteiger partial charge in [-0.25, -0.2) is 0 Å². The van der Waals surface area contributed by atoms with Gasteiger partial charge in [0.15, 0.2) is 0 Å². The second-order valence-electron chi connectivity index (χ2n) is 16.0. The van der Waals surface area contributed by atoms with Crippen molar-refractivity contribution in [2.75, 3.05) is 38.4 Å². The number of amides is 3. The summed E-state index contributed by atoms with van der Waals surface area (Å²) >= 11 is 11.0. The third-order valence-electron chi connectivity index (χ3n) is 10.6. The highest BCUT2D eigenvalue weighted by molar-refractivity contribution is 7.99. The summed E-state index contributed by atoms with van der Waals surface area (Å²) in [4.78, 5) is 45.2. The molecule has 0 fully saturated rings. The summed E-state index contributed by atoms with van der Waals surface area (Å²) in [7, 11) is 5.54. The van der Waals surface area contributed by atoms with E-state index in [0.29, 0.717) is 37.4 Å². The molecule has 0 unspecified atom stereocenters. The number of nitrogens with zero attached hydrogens (tertiary/aromatic N) is 3. The van der Waals surface area contributed by atoms with Crippen LogP contribution in [0.2, 0.25) is 5.02 Å². The Balaban J connectivity index is 0.000000222. The van der Waals surface area contributed by atoms with Gasteiger partial charge < -0.3 is 30.0 Å². The molecule has 68 heavy (non-hydrogen) atoms. The number of hydrogen-bond acceptors (Lipinski definition) is 9. The zero-order valence-electron chi connectivity index (χ0n) is 39.4. The van der Waals surface area contributed by atoms with E-state index in [1.165, 1.54) is 0 Å². The average Bonchev–Trinajstić information content (AvgIpc) is 3.35. The number of benzene rings is 6. The highest BCUT2D eigenvalue weighted by atomic mass is 35.5. The molecule has 0 aliphatic rings. The highest BCUT2D eigenvalue weighted by Gasteiger charge is 2.17. The number of rotatable bonds is 21. The van der Waals surface area contributed by atoms with E-state index in [1.807, 2.05) is 135 Å². The molecule has 0 saturated heterocycles. The van der Waals surface area contributed by atoms with Crippen LogP contribution in [0.25, 0.3) is 0 Å². The number of carbonyl (C=O) groups is 3. The average molecular weight is 995 g/mol. The van der Waals surface area contributed by atoms with Crippen LogP contribution in [0.5, 0.6) is 17.2 Å². The summed E-state index contributed by atoms with van der Waals surface area (Å²) in [5.74, 6) is 4.00. The van der Waals surface area contributed by atoms with Crippen LogP contribution in [-0.2, 0) is 27.5 Å². The Morgan fingerprint density at radius 2 is 0.809 bits per heavy atom. The number of aromatic hydroxyl groups is 3. The van der Waals surface area contributed by atoms with Crippen molar-refractivity contribution in [3.8, 4) is 17.2 Å². The van der Waals surface area contributed by atoms with E-state index in [-0.39, 0.29) is 41.0 Å². The lowest BCUT2D eigenvalue weighted by Gasteiger charge is -2.25. The minimum atomic E-state index is 0.0912. The SMILES string of the molecule is CN(Cc1ccc(Cl)cc1)C(=O)CCCSc1ccc(O)cc1.CN(Cc1ccccc1)C(=O)CCCSc1ccc(O)cc1.C[C@@H](c1ccccc1)N(C)C(=O)CCCSc1ccc(O)cc1. The number of carbonyl (C=O) groups excluding carboxylic acids is 3. The molecule has 6 aromatic carbocycles. The van der Waals surface area contributed by atoms with Crippen LogP contribution < -0.4 is 0 Å². The van der Waals surface area contributed by atoms with Gasteiger partial charge in [-0.3, -0.25) is 14.4 Å². The van der Waals surface area contributed by atoms with E-state index < -0.39 is 0 Å². The van der Waals surface area contributed by atoms with Gasteiger partial charge in [-0.1, -0.05) is 84.4 Å². The summed E-state index contributed by atoms with van der Waals surface area (Å²) < 4.78 is 0. The van der Waals surface area contributed by atoms with Crippen LogP contribution in [0.15, 0.2) is 172 Å². The molecule has 0 aromatic heterocycles. The Hall–Kier alpha value is -5.53. The lowest BCUT2D eigenvalue weighted by Crippen LogP contribution is -2.29. The largest absolute Gasteiger partial charge is 0.508 e. The molecule has 0 bridgehead atoms. The van der Waals surface area contributed by atoms with Crippen molar-refractivity contribution in [1.82, 2.24) is 14.7 Å². The molecule has 0 radical (unpaired) electrons. The van der Waals surface area contributed by atoms with Crippen molar-refractivity contribution in [2.24, 2.45) is 0 Å². The predicted octanol–water partition coefficient (Wildman–Crippen LogP) is 13.0. The lowest BCUT2D eigenvalue weighted by atomic mass is 10.1. The third kappa shape index (κ3) is 21.6. The van der Waals surface area contributed by atoms with E-state index in [2.05, 4.69) is 19.1 Å². The summed E-state index contributed by atoms with van der Waals surface area (Å²) in [5.41, 5.74) is 3.38. The Morgan fingerprint density at radius 1 is 0.471 bits per heavy atom. The molecule has 9 nitrogen and oxygen atoms in total. The van der Waals surface area contributed by atoms with Gasteiger partial charge in [0.05, 0.1) is 6.04 Å². The Bertz CT molecular complexity index is 2360. The molecule has 0 saturated carbocycles. The highest BCUT2D eigenvalue weighted by Crippen LogP contribution is 2.25. The normalized spacial score (nSPS) is 11.0. The number of hydrogen-bond donors (Lipinski definition) is 3. The van der Waals surface area contributed by atoms with Gasteiger partial charge in [0.1, 0.15) is 17.2 Å². The molecular formula is C55H64ClN3O6S3. The van der Waals surface area contributed by atoms with E-state index in [1.54, 1.807) is 81.5 Å². The van der Waals surface area contributed by atoms with Crippen molar-refractivity contribution in [3.05, 3.63) is 179 Å². The van der Waals surface area contributed by atoms with Gasteiger partial charge in [-0.15, -0.1) is 35.3 Å². The first-order valence-electron chi connectivity index (χ1n) is 22.6. The van der Waals surface area contributed by atoms with Crippen LogP contribution in [0.4, 0.5) is 0 Å². The molecular weight excluding hydrogens is 930 g/mol. The van der Waals surface area contributed by atoms with E-state index in [9.17, 15) is 29.7 Å². The smallest absolute Gasteiger partial charge is 0.222 e. The second-order valence-corrected chi connectivity index (χ2v) is 20.0. The van der Waals surface area contributed by atoms with E-state index in [0.717, 1.165) is 67.9 Å². The first-order valence-corrected chi connectivity index (χ1v) is 25.9. The minimum Gasteiger partial charge on any atom is -0.508 e. The summed E-state index contributed by atoms with van der Waals surface area (Å²) in [5, 5.41) is 28.4. The quantitative estimate of drug-likeness (QED) is 0.0478. The number of halogens is 1. The number of thioether (sulfide) groups is 3. The van der Waals surface area contributed by atoms with E-state index in [4.69, 9.17) is 11.6 Å². The molecule has 6 rings (SSSR count). The number of phenols is 3. The first-order chi connectivity index (χ1) is 32.8. The van der Waals surface area contributed by atoms with Crippen LogP contribution in [0.3, 0.4) is 0 Å². The monoisotopic (exact) mass is 993 g/mol. The molecule has 13 heteroatoms. The fraction of sp³-hybridized carbons (Fsp3) is 0.291. The number of phenolic OH excluding ortho intramolecular Hbond substituents is 3. The Labute approximate surface area is 420 Å². The zero-order chi connectivity index (χ0) is 49.1. The van der Waals surface area contributed by atoms with Gasteiger partial charge >= 0.3 is 0 Å². The maximum absolute atomic E-state index is 12.3. The standard InChI is InChI=1S/C19H23NO2S.C18H20ClNO2S.C18H21NO2S/c1-15(16-7-4-3-5-8-16)20(2)19(22)9-6-14-23-18-12-10-17(21)11-13-18;1-20(13-14-4-6-15(19)7-5-14)18(22)3-2-12-23-17-10-8-16(21)9-11-17;1-19(14-15-6-3-2-4-7-15)18(21)8-5-13-22-17-11-9-16(20)10-12-17/h3-5,7-8,10-13,15,21H,6,9,14H2,1-2H3;4-11,21H,2-3,12-13H2,1H3;2-4,6-7,9-12,20H,5,8,13-14H2,1H3/t15-;;/m0../s1. The summed E-state index contributed by atoms with van der Waals surface area (Å²) in [6, 6.07) is 49.2. The molecule has 0 heterocycles. The van der Waals surface area contributed by atoms with Crippen molar-refractivity contribution in [2.45, 2.75) is 79.3 Å². The van der Waals surface area contributed by atoms with Crippen molar-refractivity contribution in [3.63, 3.8) is 0 Å². The predicted molar refractivity (Wildman–Crippen MR) is 283 cm³/mol. The van der Waals surface area contributed by atoms with Crippen LogP contribution >= 0.6 is 46.9 Å². The minimum absolute atomic E-state index is 0.0912. The molecule has 6 aromatic rings.